The Bertz CT molecular complexity index is 545. The van der Waals surface area contributed by atoms with Crippen molar-refractivity contribution in [1.29, 1.82) is 0 Å². The molecular weight excluding hydrogens is 368 g/mol. The number of hydrogen-bond acceptors (Lipinski definition) is 4. The molecule has 0 aliphatic carbocycles. The van der Waals surface area contributed by atoms with Gasteiger partial charge in [-0.25, -0.2) is 0 Å². The molecule has 5 heteroatoms. The highest BCUT2D eigenvalue weighted by molar-refractivity contribution is 6.76. The van der Waals surface area contributed by atoms with Crippen molar-refractivity contribution in [1.82, 2.24) is 0 Å². The van der Waals surface area contributed by atoms with Crippen molar-refractivity contribution in [2.24, 2.45) is 5.92 Å². The average molecular weight is 409 g/mol. The largest absolute Gasteiger partial charge is 0.379 e. The van der Waals surface area contributed by atoms with Crippen LogP contribution in [-0.2, 0) is 25.6 Å². The van der Waals surface area contributed by atoms with Crippen LogP contribution in [0.25, 0.3) is 0 Å². The van der Waals surface area contributed by atoms with E-state index in [1.54, 1.807) is 0 Å². The first-order valence-corrected chi connectivity index (χ1v) is 14.5. The maximum atomic E-state index is 6.40. The molecule has 1 heterocycles. The van der Waals surface area contributed by atoms with E-state index in [2.05, 4.69) is 45.6 Å². The molecule has 0 N–H and O–H groups in total. The molecule has 0 radical (unpaired) electrons. The van der Waals surface area contributed by atoms with Gasteiger partial charge in [0.15, 0.2) is 0 Å². The first kappa shape index (κ1) is 23.6. The van der Waals surface area contributed by atoms with Crippen molar-refractivity contribution in [3.05, 3.63) is 35.9 Å². The summed E-state index contributed by atoms with van der Waals surface area (Å²) >= 11 is 0. The molecule has 1 aliphatic rings. The normalized spacial score (nSPS) is 24.2. The van der Waals surface area contributed by atoms with Gasteiger partial charge in [-0.05, 0) is 38.3 Å². The second kappa shape index (κ2) is 11.5. The van der Waals surface area contributed by atoms with Gasteiger partial charge in [-0.15, -0.1) is 0 Å². The van der Waals surface area contributed by atoms with Gasteiger partial charge in [0.1, 0.15) is 5.60 Å². The summed E-state index contributed by atoms with van der Waals surface area (Å²) in [4.78, 5) is 0. The Kier molecular flexibility index (Phi) is 9.64. The van der Waals surface area contributed by atoms with Gasteiger partial charge >= 0.3 is 0 Å². The van der Waals surface area contributed by atoms with Crippen molar-refractivity contribution in [2.75, 3.05) is 33.0 Å². The third-order valence-electron chi connectivity index (χ3n) is 5.52. The van der Waals surface area contributed by atoms with Gasteiger partial charge in [0.05, 0.1) is 25.9 Å². The van der Waals surface area contributed by atoms with Crippen LogP contribution >= 0.6 is 0 Å². The molecule has 28 heavy (non-hydrogen) atoms. The molecule has 1 saturated heterocycles. The molecule has 0 saturated carbocycles. The summed E-state index contributed by atoms with van der Waals surface area (Å²) in [5, 5.41) is 0. The fraction of sp³-hybridized carbons (Fsp3) is 0.739. The lowest BCUT2D eigenvalue weighted by atomic mass is 9.79. The molecule has 1 aliphatic heterocycles. The van der Waals surface area contributed by atoms with E-state index in [0.717, 1.165) is 32.7 Å². The van der Waals surface area contributed by atoms with Crippen LogP contribution in [0.2, 0.25) is 25.7 Å². The number of ether oxygens (including phenoxy) is 4. The number of rotatable bonds is 12. The Morgan fingerprint density at radius 1 is 1.14 bits per heavy atom. The minimum absolute atomic E-state index is 0.131. The Morgan fingerprint density at radius 2 is 1.86 bits per heavy atom. The summed E-state index contributed by atoms with van der Waals surface area (Å²) in [5.74, 6) is 0.281. The molecule has 0 bridgehead atoms. The molecule has 1 aromatic rings. The van der Waals surface area contributed by atoms with Gasteiger partial charge in [-0.1, -0.05) is 50.0 Å². The third-order valence-corrected chi connectivity index (χ3v) is 7.23. The Morgan fingerprint density at radius 3 is 2.54 bits per heavy atom. The molecule has 0 amide bonds. The van der Waals surface area contributed by atoms with E-state index >= 15 is 0 Å². The quantitative estimate of drug-likeness (QED) is 0.354. The van der Waals surface area contributed by atoms with E-state index in [4.69, 9.17) is 18.9 Å². The van der Waals surface area contributed by atoms with Crippen molar-refractivity contribution < 1.29 is 18.9 Å². The fourth-order valence-corrected chi connectivity index (χ4v) is 4.63. The zero-order valence-corrected chi connectivity index (χ0v) is 19.5. The topological polar surface area (TPSA) is 36.9 Å². The Labute approximate surface area is 172 Å². The van der Waals surface area contributed by atoms with Crippen molar-refractivity contribution in [2.45, 2.75) is 70.7 Å². The van der Waals surface area contributed by atoms with Crippen LogP contribution in [0.1, 0.15) is 32.3 Å². The van der Waals surface area contributed by atoms with Gasteiger partial charge < -0.3 is 18.9 Å². The van der Waals surface area contributed by atoms with Crippen LogP contribution in [-0.4, -0.2) is 52.8 Å². The Balaban J connectivity index is 2.03. The molecule has 3 atom stereocenters. The highest BCUT2D eigenvalue weighted by Gasteiger charge is 2.46. The molecule has 1 fully saturated rings. The van der Waals surface area contributed by atoms with Crippen LogP contribution < -0.4 is 0 Å². The van der Waals surface area contributed by atoms with Crippen molar-refractivity contribution in [3.63, 3.8) is 0 Å². The second-order valence-corrected chi connectivity index (χ2v) is 14.8. The maximum Gasteiger partial charge on any atom is 0.120 e. The van der Waals surface area contributed by atoms with Gasteiger partial charge in [0.25, 0.3) is 0 Å². The van der Waals surface area contributed by atoms with Crippen molar-refractivity contribution >= 4 is 8.07 Å². The lowest BCUT2D eigenvalue weighted by molar-refractivity contribution is -0.209. The summed E-state index contributed by atoms with van der Waals surface area (Å²) in [5.41, 5.74) is 0.753. The predicted molar refractivity (Wildman–Crippen MR) is 118 cm³/mol. The predicted octanol–water partition coefficient (Wildman–Crippen LogP) is 5.15. The van der Waals surface area contributed by atoms with Crippen LogP contribution in [0.3, 0.4) is 0 Å². The van der Waals surface area contributed by atoms with E-state index in [0.29, 0.717) is 19.8 Å². The molecular formula is C23H40O4Si. The van der Waals surface area contributed by atoms with Crippen LogP contribution in [0.15, 0.2) is 30.3 Å². The van der Waals surface area contributed by atoms with Gasteiger partial charge in [0.2, 0.25) is 0 Å². The highest BCUT2D eigenvalue weighted by Crippen LogP contribution is 2.36. The maximum absolute atomic E-state index is 6.40. The summed E-state index contributed by atoms with van der Waals surface area (Å²) in [6, 6.07) is 11.5. The van der Waals surface area contributed by atoms with Gasteiger partial charge in [0, 0.05) is 33.8 Å². The van der Waals surface area contributed by atoms with Crippen LogP contribution in [0, 0.1) is 5.92 Å². The van der Waals surface area contributed by atoms with E-state index in [1.807, 2.05) is 18.2 Å². The summed E-state index contributed by atoms with van der Waals surface area (Å²) in [6.45, 7) is 15.4. The van der Waals surface area contributed by atoms with Gasteiger partial charge in [-0.3, -0.25) is 0 Å². The third kappa shape index (κ3) is 7.60. The minimum Gasteiger partial charge on any atom is -0.379 e. The molecule has 3 unspecified atom stereocenters. The lowest BCUT2D eigenvalue weighted by Crippen LogP contribution is -2.55. The van der Waals surface area contributed by atoms with E-state index in [-0.39, 0.29) is 12.0 Å². The Hall–Kier alpha value is -0.723. The first-order chi connectivity index (χ1) is 13.4. The smallest absolute Gasteiger partial charge is 0.120 e. The summed E-state index contributed by atoms with van der Waals surface area (Å²) in [7, 11) is -1.11. The average Bonchev–Trinajstić information content (AvgIpc) is 2.66. The molecule has 0 spiro atoms. The molecule has 4 nitrogen and oxygen atoms in total. The lowest BCUT2D eigenvalue weighted by Gasteiger charge is -2.46. The van der Waals surface area contributed by atoms with E-state index in [1.165, 1.54) is 11.6 Å². The van der Waals surface area contributed by atoms with Crippen molar-refractivity contribution in [3.8, 4) is 0 Å². The zero-order chi connectivity index (χ0) is 20.5. The van der Waals surface area contributed by atoms with Gasteiger partial charge in [-0.2, -0.15) is 0 Å². The second-order valence-electron chi connectivity index (χ2n) is 9.16. The number of hydrogen-bond donors (Lipinski definition) is 0. The minimum atomic E-state index is -1.11. The first-order valence-electron chi connectivity index (χ1n) is 10.8. The molecule has 1 aromatic carbocycles. The SMILES string of the molecule is CCOC(C)C1CCCOC1(COCC[Si](C)(C)C)COCc1ccccc1. The molecule has 2 rings (SSSR count). The highest BCUT2D eigenvalue weighted by atomic mass is 28.3. The van der Waals surface area contributed by atoms with E-state index in [9.17, 15) is 0 Å². The zero-order valence-electron chi connectivity index (χ0n) is 18.5. The standard InChI is InChI=1S/C23H40O4Si/c1-6-26-20(2)22-13-10-14-27-23(22,18-24-15-16-28(3,4)5)19-25-17-21-11-8-7-9-12-21/h7-9,11-12,20,22H,6,10,13-19H2,1-5H3. The summed E-state index contributed by atoms with van der Waals surface area (Å²) < 4.78 is 24.7. The molecule has 0 aromatic heterocycles. The fourth-order valence-electron chi connectivity index (χ4n) is 3.87. The number of benzene rings is 1. The van der Waals surface area contributed by atoms with Crippen LogP contribution in [0.5, 0.6) is 0 Å². The monoisotopic (exact) mass is 408 g/mol. The summed E-state index contributed by atoms with van der Waals surface area (Å²) in [6.07, 6.45) is 2.29. The van der Waals surface area contributed by atoms with E-state index < -0.39 is 13.7 Å². The van der Waals surface area contributed by atoms with Crippen LogP contribution in [0.4, 0.5) is 0 Å². The molecule has 160 valence electrons.